The second-order valence-electron chi connectivity index (χ2n) is 8.32. The summed E-state index contributed by atoms with van der Waals surface area (Å²) >= 11 is 1.27. The van der Waals surface area contributed by atoms with Crippen LogP contribution in [0.2, 0.25) is 0 Å². The molecule has 5 rings (SSSR count). The minimum atomic E-state index is -0.675. The van der Waals surface area contributed by atoms with Crippen LogP contribution in [-0.4, -0.2) is 34.4 Å². The Morgan fingerprint density at radius 2 is 1.84 bits per heavy atom. The Kier molecular flexibility index (Phi) is 6.30. The van der Waals surface area contributed by atoms with E-state index in [9.17, 15) is 19.2 Å². The Labute approximate surface area is 214 Å². The molecule has 0 bridgehead atoms. The van der Waals surface area contributed by atoms with Crippen LogP contribution < -0.4 is 26.0 Å². The van der Waals surface area contributed by atoms with E-state index in [0.717, 1.165) is 15.0 Å². The monoisotopic (exact) mass is 521 g/mol. The number of carbonyl (C=O) groups is 2. The number of benzene rings is 2. The molecule has 190 valence electrons. The topological polar surface area (TPSA) is 118 Å². The van der Waals surface area contributed by atoms with Crippen LogP contribution in [0.3, 0.4) is 0 Å². The van der Waals surface area contributed by atoms with Crippen molar-refractivity contribution in [3.05, 3.63) is 79.3 Å². The van der Waals surface area contributed by atoms with Crippen molar-refractivity contribution in [2.75, 3.05) is 18.7 Å². The number of aryl methyl sites for hydroxylation is 2. The molecule has 0 radical (unpaired) electrons. The number of fused-ring (bicyclic) bond motifs is 2. The van der Waals surface area contributed by atoms with E-state index in [0.29, 0.717) is 27.4 Å². The molecule has 11 heteroatoms. The molecule has 0 unspecified atom stereocenters. The van der Waals surface area contributed by atoms with Crippen LogP contribution in [0.4, 0.5) is 5.69 Å². The predicted molar refractivity (Wildman–Crippen MR) is 138 cm³/mol. The number of amides is 1. The largest absolute Gasteiger partial charge is 0.462 e. The van der Waals surface area contributed by atoms with Crippen molar-refractivity contribution >= 4 is 39.1 Å². The Morgan fingerprint density at radius 3 is 2.62 bits per heavy atom. The van der Waals surface area contributed by atoms with E-state index in [-0.39, 0.29) is 31.2 Å². The quantitative estimate of drug-likeness (QED) is 0.387. The highest BCUT2D eigenvalue weighted by Crippen LogP contribution is 2.33. The highest BCUT2D eigenvalue weighted by atomic mass is 32.1. The van der Waals surface area contributed by atoms with Gasteiger partial charge >= 0.3 is 11.7 Å². The SMILES string of the molecule is CCOC(=O)c1ccccc1NC(=O)Cn1c(=O)n(-c2ccc3c(c2)OCO3)c(=O)c2c(C)c(C)sc21. The maximum absolute atomic E-state index is 13.7. The van der Waals surface area contributed by atoms with Crippen LogP contribution in [0.1, 0.15) is 27.7 Å². The fraction of sp³-hybridized carbons (Fsp3) is 0.231. The lowest BCUT2D eigenvalue weighted by Crippen LogP contribution is -2.40. The molecule has 1 N–H and O–H groups in total. The van der Waals surface area contributed by atoms with Gasteiger partial charge in [0.15, 0.2) is 11.5 Å². The van der Waals surface area contributed by atoms with E-state index in [2.05, 4.69) is 5.32 Å². The van der Waals surface area contributed by atoms with Crippen molar-refractivity contribution < 1.29 is 23.8 Å². The normalized spacial score (nSPS) is 12.1. The van der Waals surface area contributed by atoms with Gasteiger partial charge in [0, 0.05) is 10.9 Å². The van der Waals surface area contributed by atoms with Crippen molar-refractivity contribution in [2.24, 2.45) is 0 Å². The molecule has 0 spiro atoms. The lowest BCUT2D eigenvalue weighted by molar-refractivity contribution is -0.116. The standard InChI is InChI=1S/C26H23N3O7S/c1-4-34-25(32)17-7-5-6-8-18(17)27-21(30)12-28-24-22(14(2)15(3)37-24)23(31)29(26(28)33)16-9-10-19-20(11-16)36-13-35-19/h5-11H,4,12-13H2,1-3H3,(H,27,30). The molecular formula is C26H23N3O7S. The van der Waals surface area contributed by atoms with Gasteiger partial charge in [-0.1, -0.05) is 12.1 Å². The van der Waals surface area contributed by atoms with Crippen LogP contribution in [-0.2, 0) is 16.1 Å². The first-order valence-corrected chi connectivity index (χ1v) is 12.3. The zero-order valence-electron chi connectivity index (χ0n) is 20.3. The molecule has 2 aromatic heterocycles. The van der Waals surface area contributed by atoms with Crippen molar-refractivity contribution in [3.63, 3.8) is 0 Å². The fourth-order valence-corrected chi connectivity index (χ4v) is 5.30. The summed E-state index contributed by atoms with van der Waals surface area (Å²) in [7, 11) is 0. The van der Waals surface area contributed by atoms with E-state index in [1.165, 1.54) is 15.9 Å². The van der Waals surface area contributed by atoms with Crippen molar-refractivity contribution in [2.45, 2.75) is 27.3 Å². The lowest BCUT2D eigenvalue weighted by atomic mass is 10.2. The molecule has 10 nitrogen and oxygen atoms in total. The number of carbonyl (C=O) groups excluding carboxylic acids is 2. The first-order valence-electron chi connectivity index (χ1n) is 11.5. The second kappa shape index (κ2) is 9.58. The molecule has 37 heavy (non-hydrogen) atoms. The Hall–Kier alpha value is -4.38. The maximum atomic E-state index is 13.7. The van der Waals surface area contributed by atoms with E-state index in [4.69, 9.17) is 14.2 Å². The van der Waals surface area contributed by atoms with Crippen LogP contribution in [0.25, 0.3) is 15.9 Å². The van der Waals surface area contributed by atoms with Crippen LogP contribution >= 0.6 is 11.3 Å². The minimum absolute atomic E-state index is 0.0488. The van der Waals surface area contributed by atoms with E-state index in [1.807, 2.05) is 13.8 Å². The van der Waals surface area contributed by atoms with Crippen LogP contribution in [0, 0.1) is 13.8 Å². The highest BCUT2D eigenvalue weighted by Gasteiger charge is 2.23. The van der Waals surface area contributed by atoms with Gasteiger partial charge in [-0.2, -0.15) is 0 Å². The molecule has 1 aliphatic rings. The van der Waals surface area contributed by atoms with Gasteiger partial charge in [0.25, 0.3) is 5.56 Å². The third kappa shape index (κ3) is 4.27. The van der Waals surface area contributed by atoms with Gasteiger partial charge in [-0.15, -0.1) is 11.3 Å². The fourth-order valence-electron chi connectivity index (χ4n) is 4.16. The molecular weight excluding hydrogens is 498 g/mol. The summed E-state index contributed by atoms with van der Waals surface area (Å²) in [4.78, 5) is 53.9. The number of hydrogen-bond donors (Lipinski definition) is 1. The summed E-state index contributed by atoms with van der Waals surface area (Å²) < 4.78 is 18.1. The summed E-state index contributed by atoms with van der Waals surface area (Å²) in [5, 5.41) is 3.06. The number of ether oxygens (including phenoxy) is 3. The number of esters is 1. The number of anilines is 1. The van der Waals surface area contributed by atoms with Crippen molar-refractivity contribution in [3.8, 4) is 17.2 Å². The Bertz CT molecular complexity index is 1680. The van der Waals surface area contributed by atoms with Crippen LogP contribution in [0.5, 0.6) is 11.5 Å². The van der Waals surface area contributed by atoms with Crippen LogP contribution in [0.15, 0.2) is 52.1 Å². The molecule has 1 aliphatic heterocycles. The Balaban J connectivity index is 1.59. The van der Waals surface area contributed by atoms with Gasteiger partial charge in [-0.05, 0) is 50.6 Å². The Morgan fingerprint density at radius 1 is 1.08 bits per heavy atom. The summed E-state index contributed by atoms with van der Waals surface area (Å²) in [6.45, 7) is 5.21. The zero-order valence-corrected chi connectivity index (χ0v) is 21.1. The molecule has 0 fully saturated rings. The first-order chi connectivity index (χ1) is 17.8. The summed E-state index contributed by atoms with van der Waals surface area (Å²) in [5.41, 5.74) is 0.338. The van der Waals surface area contributed by atoms with Gasteiger partial charge in [0.1, 0.15) is 11.4 Å². The summed E-state index contributed by atoms with van der Waals surface area (Å²) in [6, 6.07) is 11.2. The first kappa shape index (κ1) is 24.3. The third-order valence-electron chi connectivity index (χ3n) is 6.06. The van der Waals surface area contributed by atoms with E-state index >= 15 is 0 Å². The number of hydrogen-bond acceptors (Lipinski definition) is 8. The molecule has 1 amide bonds. The predicted octanol–water partition coefficient (Wildman–Crippen LogP) is 3.37. The average Bonchev–Trinajstić information content (AvgIpc) is 3.46. The van der Waals surface area contributed by atoms with Crippen molar-refractivity contribution in [1.82, 2.24) is 9.13 Å². The molecule has 0 atom stereocenters. The number of nitrogens with zero attached hydrogens (tertiary/aromatic N) is 2. The van der Waals surface area contributed by atoms with Gasteiger partial charge in [-0.3, -0.25) is 14.2 Å². The van der Waals surface area contributed by atoms with E-state index < -0.39 is 23.1 Å². The lowest BCUT2D eigenvalue weighted by Gasteiger charge is -2.14. The van der Waals surface area contributed by atoms with Gasteiger partial charge in [0.05, 0.1) is 28.9 Å². The average molecular weight is 522 g/mol. The number of nitrogens with one attached hydrogen (secondary N) is 1. The van der Waals surface area contributed by atoms with Crippen molar-refractivity contribution in [1.29, 1.82) is 0 Å². The van der Waals surface area contributed by atoms with Gasteiger partial charge in [0.2, 0.25) is 12.7 Å². The molecule has 2 aromatic carbocycles. The van der Waals surface area contributed by atoms with Gasteiger partial charge < -0.3 is 19.5 Å². The third-order valence-corrected chi connectivity index (χ3v) is 7.29. The zero-order chi connectivity index (χ0) is 26.3. The molecule has 0 saturated heterocycles. The highest BCUT2D eigenvalue weighted by molar-refractivity contribution is 7.18. The number of para-hydroxylation sites is 1. The molecule has 4 aromatic rings. The smallest absolute Gasteiger partial charge is 0.340 e. The molecule has 0 saturated carbocycles. The molecule has 0 aliphatic carbocycles. The minimum Gasteiger partial charge on any atom is -0.462 e. The summed E-state index contributed by atoms with van der Waals surface area (Å²) in [5.74, 6) is -0.180. The molecule has 3 heterocycles. The second-order valence-corrected chi connectivity index (χ2v) is 9.53. The number of rotatable bonds is 6. The van der Waals surface area contributed by atoms with Gasteiger partial charge in [-0.25, -0.2) is 14.2 Å². The maximum Gasteiger partial charge on any atom is 0.340 e. The number of thiophene rings is 1. The van der Waals surface area contributed by atoms with E-state index in [1.54, 1.807) is 49.4 Å². The number of aromatic nitrogens is 2. The summed E-state index contributed by atoms with van der Waals surface area (Å²) in [6.07, 6.45) is 0.